The van der Waals surface area contributed by atoms with E-state index in [1.54, 1.807) is 12.4 Å². The third-order valence-electron chi connectivity index (χ3n) is 4.33. The van der Waals surface area contributed by atoms with E-state index in [2.05, 4.69) is 39.5 Å². The van der Waals surface area contributed by atoms with Crippen LogP contribution in [-0.4, -0.2) is 53.4 Å². The topological polar surface area (TPSA) is 48.5 Å². The number of hydrogen-bond acceptors (Lipinski definition) is 4. The fourth-order valence-corrected chi connectivity index (χ4v) is 2.92. The van der Waals surface area contributed by atoms with Gasteiger partial charge in [-0.05, 0) is 23.3 Å². The maximum absolute atomic E-state index is 12.3. The maximum atomic E-state index is 12.3. The predicted molar refractivity (Wildman–Crippen MR) is 94.2 cm³/mol. The van der Waals surface area contributed by atoms with Crippen molar-refractivity contribution in [1.82, 2.24) is 20.1 Å². The molecule has 1 aromatic carbocycles. The number of piperazine rings is 1. The summed E-state index contributed by atoms with van der Waals surface area (Å²) in [5.74, 6) is 0.184. The van der Waals surface area contributed by atoms with Gasteiger partial charge in [-0.2, -0.15) is 0 Å². The molecule has 1 N–H and O–H groups in total. The van der Waals surface area contributed by atoms with Crippen LogP contribution in [0, 0.1) is 0 Å². The maximum Gasteiger partial charge on any atom is 0.236 e. The summed E-state index contributed by atoms with van der Waals surface area (Å²) in [4.78, 5) is 20.6. The summed E-state index contributed by atoms with van der Waals surface area (Å²) in [5.41, 5.74) is 2.47. The summed E-state index contributed by atoms with van der Waals surface area (Å²) in [6.07, 6.45) is 3.54. The summed E-state index contributed by atoms with van der Waals surface area (Å²) in [5, 5.41) is 3.22. The Bertz CT molecular complexity index is 624. The molecule has 1 fully saturated rings. The van der Waals surface area contributed by atoms with Crippen LogP contribution in [-0.2, 0) is 17.9 Å². The number of aromatic nitrogens is 1. The zero-order chi connectivity index (χ0) is 16.6. The third-order valence-corrected chi connectivity index (χ3v) is 4.33. The quantitative estimate of drug-likeness (QED) is 0.875. The molecule has 2 heterocycles. The summed E-state index contributed by atoms with van der Waals surface area (Å²) >= 11 is 0. The van der Waals surface area contributed by atoms with Crippen molar-refractivity contribution in [2.24, 2.45) is 0 Å². The molecule has 126 valence electrons. The van der Waals surface area contributed by atoms with E-state index in [1.807, 2.05) is 23.1 Å². The highest BCUT2D eigenvalue weighted by Gasteiger charge is 2.20. The molecular weight excluding hydrogens is 300 g/mol. The van der Waals surface area contributed by atoms with Crippen molar-refractivity contribution in [3.8, 4) is 0 Å². The first-order valence-corrected chi connectivity index (χ1v) is 8.45. The van der Waals surface area contributed by atoms with Gasteiger partial charge in [-0.25, -0.2) is 0 Å². The van der Waals surface area contributed by atoms with Gasteiger partial charge in [0.15, 0.2) is 0 Å². The number of carbonyl (C=O) groups excluding carboxylic acids is 1. The number of benzene rings is 1. The Balaban J connectivity index is 1.37. The highest BCUT2D eigenvalue weighted by molar-refractivity contribution is 5.78. The van der Waals surface area contributed by atoms with E-state index < -0.39 is 0 Å². The van der Waals surface area contributed by atoms with Crippen molar-refractivity contribution in [1.29, 1.82) is 0 Å². The van der Waals surface area contributed by atoms with Gasteiger partial charge in [0.1, 0.15) is 0 Å². The molecule has 0 radical (unpaired) electrons. The number of nitrogens with one attached hydrogen (secondary N) is 1. The summed E-state index contributed by atoms with van der Waals surface area (Å²) in [7, 11) is 0. The minimum absolute atomic E-state index is 0.184. The summed E-state index contributed by atoms with van der Waals surface area (Å²) < 4.78 is 0. The lowest BCUT2D eigenvalue weighted by molar-refractivity contribution is -0.132. The second-order valence-corrected chi connectivity index (χ2v) is 6.10. The number of hydrogen-bond donors (Lipinski definition) is 1. The van der Waals surface area contributed by atoms with Crippen LogP contribution in [0.15, 0.2) is 54.9 Å². The molecule has 0 bridgehead atoms. The normalized spacial score (nSPS) is 15.4. The van der Waals surface area contributed by atoms with E-state index in [0.29, 0.717) is 13.1 Å². The molecule has 0 atom stereocenters. The minimum Gasteiger partial charge on any atom is -0.339 e. The van der Waals surface area contributed by atoms with Crippen molar-refractivity contribution in [3.05, 3.63) is 66.0 Å². The lowest BCUT2D eigenvalue weighted by atomic mass is 10.2. The van der Waals surface area contributed by atoms with E-state index in [4.69, 9.17) is 0 Å². The van der Waals surface area contributed by atoms with E-state index >= 15 is 0 Å². The Morgan fingerprint density at radius 3 is 2.38 bits per heavy atom. The SMILES string of the molecule is O=C(CNCc1ccncc1)N1CCN(Cc2ccccc2)CC1. The van der Waals surface area contributed by atoms with Gasteiger partial charge in [0.25, 0.3) is 0 Å². The summed E-state index contributed by atoms with van der Waals surface area (Å²) in [6, 6.07) is 14.4. The van der Waals surface area contributed by atoms with E-state index in [0.717, 1.165) is 38.3 Å². The molecule has 24 heavy (non-hydrogen) atoms. The number of rotatable bonds is 6. The molecule has 5 heteroatoms. The van der Waals surface area contributed by atoms with Crippen LogP contribution in [0.3, 0.4) is 0 Å². The number of carbonyl (C=O) groups is 1. The minimum atomic E-state index is 0.184. The van der Waals surface area contributed by atoms with Crippen molar-refractivity contribution in [2.45, 2.75) is 13.1 Å². The fraction of sp³-hybridized carbons (Fsp3) is 0.368. The van der Waals surface area contributed by atoms with E-state index in [1.165, 1.54) is 5.56 Å². The monoisotopic (exact) mass is 324 g/mol. The van der Waals surface area contributed by atoms with Gasteiger partial charge in [0.05, 0.1) is 6.54 Å². The van der Waals surface area contributed by atoms with Gasteiger partial charge in [-0.3, -0.25) is 14.7 Å². The van der Waals surface area contributed by atoms with Gasteiger partial charge in [0, 0.05) is 51.7 Å². The van der Waals surface area contributed by atoms with Gasteiger partial charge in [0.2, 0.25) is 5.91 Å². The number of pyridine rings is 1. The molecule has 0 spiro atoms. The molecule has 3 rings (SSSR count). The molecule has 0 aliphatic carbocycles. The summed E-state index contributed by atoms with van der Waals surface area (Å²) in [6.45, 7) is 5.54. The fourth-order valence-electron chi connectivity index (χ4n) is 2.92. The highest BCUT2D eigenvalue weighted by atomic mass is 16.2. The highest BCUT2D eigenvalue weighted by Crippen LogP contribution is 2.08. The van der Waals surface area contributed by atoms with Gasteiger partial charge >= 0.3 is 0 Å². The Labute approximate surface area is 143 Å². The number of nitrogens with zero attached hydrogens (tertiary/aromatic N) is 3. The van der Waals surface area contributed by atoms with E-state index in [-0.39, 0.29) is 5.91 Å². The predicted octanol–water partition coefficient (Wildman–Crippen LogP) is 1.52. The average molecular weight is 324 g/mol. The Morgan fingerprint density at radius 1 is 0.958 bits per heavy atom. The molecule has 0 saturated carbocycles. The first-order chi connectivity index (χ1) is 11.8. The second kappa shape index (κ2) is 8.57. The largest absolute Gasteiger partial charge is 0.339 e. The first kappa shape index (κ1) is 16.6. The first-order valence-electron chi connectivity index (χ1n) is 8.45. The molecule has 1 saturated heterocycles. The van der Waals surface area contributed by atoms with Crippen molar-refractivity contribution in [3.63, 3.8) is 0 Å². The molecule has 1 aliphatic heterocycles. The molecule has 1 aromatic heterocycles. The average Bonchev–Trinajstić information content (AvgIpc) is 2.64. The van der Waals surface area contributed by atoms with Crippen LogP contribution in [0.4, 0.5) is 0 Å². The lowest BCUT2D eigenvalue weighted by Gasteiger charge is -2.34. The Morgan fingerprint density at radius 2 is 1.67 bits per heavy atom. The van der Waals surface area contributed by atoms with Crippen LogP contribution in [0.5, 0.6) is 0 Å². The third kappa shape index (κ3) is 4.88. The zero-order valence-corrected chi connectivity index (χ0v) is 13.9. The van der Waals surface area contributed by atoms with Crippen LogP contribution in [0.1, 0.15) is 11.1 Å². The molecule has 1 aliphatic rings. The zero-order valence-electron chi connectivity index (χ0n) is 13.9. The van der Waals surface area contributed by atoms with Gasteiger partial charge < -0.3 is 10.2 Å². The van der Waals surface area contributed by atoms with Crippen molar-refractivity contribution < 1.29 is 4.79 Å². The Kier molecular flexibility index (Phi) is 5.93. The van der Waals surface area contributed by atoms with Crippen LogP contribution < -0.4 is 5.32 Å². The van der Waals surface area contributed by atoms with E-state index in [9.17, 15) is 4.79 Å². The van der Waals surface area contributed by atoms with Crippen molar-refractivity contribution in [2.75, 3.05) is 32.7 Å². The van der Waals surface area contributed by atoms with Gasteiger partial charge in [-0.1, -0.05) is 30.3 Å². The second-order valence-electron chi connectivity index (χ2n) is 6.10. The molecular formula is C19H24N4O. The standard InChI is InChI=1S/C19H24N4O/c24-19(15-21-14-17-6-8-20-9-7-17)23-12-10-22(11-13-23)16-18-4-2-1-3-5-18/h1-9,21H,10-16H2. The Hall–Kier alpha value is -2.24. The van der Waals surface area contributed by atoms with Crippen LogP contribution in [0.2, 0.25) is 0 Å². The number of amides is 1. The molecule has 2 aromatic rings. The smallest absolute Gasteiger partial charge is 0.236 e. The van der Waals surface area contributed by atoms with Gasteiger partial charge in [-0.15, -0.1) is 0 Å². The van der Waals surface area contributed by atoms with Crippen LogP contribution in [0.25, 0.3) is 0 Å². The molecule has 5 nitrogen and oxygen atoms in total. The molecule has 0 unspecified atom stereocenters. The van der Waals surface area contributed by atoms with Crippen LogP contribution >= 0.6 is 0 Å². The lowest BCUT2D eigenvalue weighted by Crippen LogP contribution is -2.50. The molecule has 1 amide bonds. The van der Waals surface area contributed by atoms with Crippen molar-refractivity contribution >= 4 is 5.91 Å².